The highest BCUT2D eigenvalue weighted by molar-refractivity contribution is 5.83. The first kappa shape index (κ1) is 26.3. The Bertz CT molecular complexity index is 989. The minimum absolute atomic E-state index is 0.166. The molecule has 3 rings (SSSR count). The molecule has 1 amide bonds. The van der Waals surface area contributed by atoms with Crippen LogP contribution in [0.2, 0.25) is 0 Å². The van der Waals surface area contributed by atoms with Gasteiger partial charge in [-0.25, -0.2) is 9.18 Å². The van der Waals surface area contributed by atoms with Crippen molar-refractivity contribution in [3.05, 3.63) is 65.5 Å². The van der Waals surface area contributed by atoms with Gasteiger partial charge in [0.2, 0.25) is 5.91 Å². The van der Waals surface area contributed by atoms with Gasteiger partial charge in [0, 0.05) is 25.3 Å². The molecule has 0 bridgehead atoms. The van der Waals surface area contributed by atoms with Crippen LogP contribution >= 0.6 is 0 Å². The standard InChI is InChI=1S/C27H33FN2O5/c1-35-24-7-5-19(6-8-24)15-25(27(33)34)29-26(32)16-20-9-11-30(12-10-20)17-22(18-31)13-21-3-2-4-23(28)14-21/h2-8,14,18,20,22,25H,9-13,15-17H2,1H3,(H,29,32)(H,33,34)/t22?,25-/m0/s1. The Kier molecular flexibility index (Phi) is 9.78. The minimum Gasteiger partial charge on any atom is -0.497 e. The molecular weight excluding hydrogens is 451 g/mol. The summed E-state index contributed by atoms with van der Waals surface area (Å²) in [6.07, 6.45) is 3.50. The van der Waals surface area contributed by atoms with Crippen LogP contribution in [0.4, 0.5) is 4.39 Å². The molecule has 1 unspecified atom stereocenters. The van der Waals surface area contributed by atoms with Crippen LogP contribution in [0.5, 0.6) is 5.75 Å². The fraction of sp³-hybridized carbons (Fsp3) is 0.444. The number of carboxylic acids is 1. The number of aldehydes is 1. The number of carboxylic acid groups (broad SMARTS) is 1. The molecule has 2 N–H and O–H groups in total. The third-order valence-corrected chi connectivity index (χ3v) is 6.49. The summed E-state index contributed by atoms with van der Waals surface area (Å²) < 4.78 is 18.5. The smallest absolute Gasteiger partial charge is 0.326 e. The largest absolute Gasteiger partial charge is 0.497 e. The average molecular weight is 485 g/mol. The van der Waals surface area contributed by atoms with Crippen LogP contribution in [0.3, 0.4) is 0 Å². The molecular formula is C27H33FN2O5. The van der Waals surface area contributed by atoms with E-state index in [0.717, 1.165) is 43.3 Å². The molecule has 2 atom stereocenters. The summed E-state index contributed by atoms with van der Waals surface area (Å²) in [5.74, 6) is -1.00. The zero-order valence-electron chi connectivity index (χ0n) is 20.0. The van der Waals surface area contributed by atoms with Gasteiger partial charge >= 0.3 is 5.97 Å². The lowest BCUT2D eigenvalue weighted by molar-refractivity contribution is -0.142. The number of methoxy groups -OCH3 is 1. The number of aliphatic carboxylic acids is 1. The first-order valence-electron chi connectivity index (χ1n) is 11.9. The Balaban J connectivity index is 1.43. The predicted octanol–water partition coefficient (Wildman–Crippen LogP) is 3.11. The summed E-state index contributed by atoms with van der Waals surface area (Å²) in [5, 5.41) is 12.2. The van der Waals surface area contributed by atoms with Crippen molar-refractivity contribution in [3.63, 3.8) is 0 Å². The molecule has 0 aromatic heterocycles. The molecule has 8 heteroatoms. The monoisotopic (exact) mass is 484 g/mol. The van der Waals surface area contributed by atoms with Gasteiger partial charge < -0.3 is 24.9 Å². The van der Waals surface area contributed by atoms with Crippen LogP contribution in [-0.2, 0) is 27.2 Å². The van der Waals surface area contributed by atoms with Crippen LogP contribution in [0, 0.1) is 17.7 Å². The number of hydrogen-bond acceptors (Lipinski definition) is 5. The van der Waals surface area contributed by atoms with Gasteiger partial charge in [0.15, 0.2) is 0 Å². The Morgan fingerprint density at radius 2 is 1.86 bits per heavy atom. The summed E-state index contributed by atoms with van der Waals surface area (Å²) in [6, 6.07) is 12.4. The second-order valence-electron chi connectivity index (χ2n) is 9.19. The molecule has 7 nitrogen and oxygen atoms in total. The SMILES string of the molecule is COc1ccc(C[C@H](NC(=O)CC2CCN(CC(C=O)Cc3cccc(F)c3)CC2)C(=O)O)cc1. The van der Waals surface area contributed by atoms with Gasteiger partial charge in [-0.2, -0.15) is 0 Å². The van der Waals surface area contributed by atoms with E-state index in [0.29, 0.717) is 18.7 Å². The molecule has 0 saturated carbocycles. The highest BCUT2D eigenvalue weighted by atomic mass is 19.1. The molecule has 1 heterocycles. The number of carbonyl (C=O) groups is 3. The summed E-state index contributed by atoms with van der Waals surface area (Å²) in [5.41, 5.74) is 1.60. The number of nitrogens with zero attached hydrogens (tertiary/aromatic N) is 1. The van der Waals surface area contributed by atoms with Crippen LogP contribution in [0.1, 0.15) is 30.4 Å². The van der Waals surface area contributed by atoms with Gasteiger partial charge in [0.1, 0.15) is 23.9 Å². The first-order valence-corrected chi connectivity index (χ1v) is 11.9. The Morgan fingerprint density at radius 1 is 1.14 bits per heavy atom. The number of rotatable bonds is 12. The lowest BCUT2D eigenvalue weighted by atomic mass is 9.91. The van der Waals surface area contributed by atoms with Crippen LogP contribution in [0.25, 0.3) is 0 Å². The molecule has 2 aromatic rings. The number of ether oxygens (including phenoxy) is 1. The number of halogens is 1. The van der Waals surface area contributed by atoms with Crippen molar-refractivity contribution in [1.29, 1.82) is 0 Å². The fourth-order valence-electron chi connectivity index (χ4n) is 4.54. The van der Waals surface area contributed by atoms with E-state index in [-0.39, 0.29) is 36.4 Å². The second kappa shape index (κ2) is 13.0. The number of hydrogen-bond donors (Lipinski definition) is 2. The van der Waals surface area contributed by atoms with E-state index < -0.39 is 12.0 Å². The highest BCUT2D eigenvalue weighted by Gasteiger charge is 2.26. The molecule has 0 radical (unpaired) electrons. The van der Waals surface area contributed by atoms with Crippen LogP contribution in [0.15, 0.2) is 48.5 Å². The van der Waals surface area contributed by atoms with E-state index in [9.17, 15) is 23.9 Å². The van der Waals surface area contributed by atoms with Crippen molar-refractivity contribution < 1.29 is 28.6 Å². The maximum absolute atomic E-state index is 13.4. The highest BCUT2D eigenvalue weighted by Crippen LogP contribution is 2.22. The number of piperidine rings is 1. The molecule has 1 fully saturated rings. The van der Waals surface area contributed by atoms with Crippen molar-refractivity contribution >= 4 is 18.2 Å². The zero-order chi connectivity index (χ0) is 25.2. The maximum Gasteiger partial charge on any atom is 0.326 e. The summed E-state index contributed by atoms with van der Waals surface area (Å²) >= 11 is 0. The van der Waals surface area contributed by atoms with E-state index in [1.54, 1.807) is 37.4 Å². The quantitative estimate of drug-likeness (QED) is 0.450. The number of amides is 1. The third-order valence-electron chi connectivity index (χ3n) is 6.49. The molecule has 188 valence electrons. The summed E-state index contributed by atoms with van der Waals surface area (Å²) in [4.78, 5) is 38.0. The van der Waals surface area contributed by atoms with Crippen LogP contribution in [-0.4, -0.2) is 61.0 Å². The van der Waals surface area contributed by atoms with E-state index in [1.165, 1.54) is 12.1 Å². The molecule has 1 saturated heterocycles. The van der Waals surface area contributed by atoms with Gasteiger partial charge in [-0.05, 0) is 73.7 Å². The van der Waals surface area contributed by atoms with Crippen molar-refractivity contribution in [1.82, 2.24) is 10.2 Å². The summed E-state index contributed by atoms with van der Waals surface area (Å²) in [7, 11) is 1.56. The molecule has 0 spiro atoms. The minimum atomic E-state index is -1.07. The van der Waals surface area contributed by atoms with E-state index in [1.807, 2.05) is 6.07 Å². The summed E-state index contributed by atoms with van der Waals surface area (Å²) in [6.45, 7) is 2.13. The van der Waals surface area contributed by atoms with Gasteiger partial charge in [-0.1, -0.05) is 24.3 Å². The topological polar surface area (TPSA) is 95.9 Å². The zero-order valence-corrected chi connectivity index (χ0v) is 20.0. The predicted molar refractivity (Wildman–Crippen MR) is 130 cm³/mol. The number of nitrogens with one attached hydrogen (secondary N) is 1. The molecule has 35 heavy (non-hydrogen) atoms. The first-order chi connectivity index (χ1) is 16.9. The average Bonchev–Trinajstić information content (AvgIpc) is 2.84. The van der Waals surface area contributed by atoms with Gasteiger partial charge in [-0.3, -0.25) is 4.79 Å². The van der Waals surface area contributed by atoms with Crippen molar-refractivity contribution in [3.8, 4) is 5.75 Å². The Hall–Kier alpha value is -3.26. The van der Waals surface area contributed by atoms with Crippen LogP contribution < -0.4 is 10.1 Å². The van der Waals surface area contributed by atoms with E-state index >= 15 is 0 Å². The lowest BCUT2D eigenvalue weighted by Gasteiger charge is -2.33. The van der Waals surface area contributed by atoms with Crippen molar-refractivity contribution in [2.45, 2.75) is 38.1 Å². The van der Waals surface area contributed by atoms with Gasteiger partial charge in [0.05, 0.1) is 7.11 Å². The number of likely N-dealkylation sites (tertiary alicyclic amines) is 1. The van der Waals surface area contributed by atoms with Gasteiger partial charge in [-0.15, -0.1) is 0 Å². The van der Waals surface area contributed by atoms with Gasteiger partial charge in [0.25, 0.3) is 0 Å². The van der Waals surface area contributed by atoms with Crippen molar-refractivity contribution in [2.24, 2.45) is 11.8 Å². The second-order valence-corrected chi connectivity index (χ2v) is 9.19. The fourth-order valence-corrected chi connectivity index (χ4v) is 4.54. The molecule has 2 aromatic carbocycles. The molecule has 0 aliphatic carbocycles. The lowest BCUT2D eigenvalue weighted by Crippen LogP contribution is -2.44. The Morgan fingerprint density at radius 3 is 2.46 bits per heavy atom. The molecule has 1 aliphatic heterocycles. The molecule has 1 aliphatic rings. The normalized spacial score (nSPS) is 16.3. The van der Waals surface area contributed by atoms with Crippen molar-refractivity contribution in [2.75, 3.05) is 26.7 Å². The third kappa shape index (κ3) is 8.47. The van der Waals surface area contributed by atoms with E-state index in [4.69, 9.17) is 4.74 Å². The number of carbonyl (C=O) groups excluding carboxylic acids is 2. The number of benzene rings is 2. The Labute approximate surface area is 205 Å². The van der Waals surface area contributed by atoms with E-state index in [2.05, 4.69) is 10.2 Å². The maximum atomic E-state index is 13.4.